The molecule has 4 nitrogen and oxygen atoms in total. The maximum absolute atomic E-state index is 11.7. The van der Waals surface area contributed by atoms with Gasteiger partial charge in [0.2, 0.25) is 0 Å². The maximum Gasteiger partial charge on any atom is 0.319 e. The smallest absolute Gasteiger partial charge is 0.319 e. The first-order valence-corrected chi connectivity index (χ1v) is 8.43. The van der Waals surface area contributed by atoms with Crippen LogP contribution in [0.25, 0.3) is 0 Å². The van der Waals surface area contributed by atoms with Gasteiger partial charge in [0.25, 0.3) is 0 Å². The molecule has 0 fully saturated rings. The van der Waals surface area contributed by atoms with E-state index in [1.807, 2.05) is 24.3 Å². The van der Waals surface area contributed by atoms with Crippen molar-refractivity contribution in [2.45, 2.75) is 0 Å². The number of rotatable bonds is 4. The number of carbonyl (C=O) groups is 1. The second-order valence-electron chi connectivity index (χ2n) is 4.54. The summed E-state index contributed by atoms with van der Waals surface area (Å²) < 4.78 is 6.39. The number of halogens is 3. The minimum Gasteiger partial charge on any atom is -0.481 e. The van der Waals surface area contributed by atoms with E-state index < -0.39 is 0 Å². The molecule has 0 bridgehead atoms. The summed E-state index contributed by atoms with van der Waals surface area (Å²) in [7, 11) is 0. The molecule has 0 aliphatic carbocycles. The Morgan fingerprint density at radius 1 is 1.12 bits per heavy atom. The van der Waals surface area contributed by atoms with E-state index in [0.717, 1.165) is 10.2 Å². The molecule has 0 aliphatic rings. The summed E-state index contributed by atoms with van der Waals surface area (Å²) in [5, 5.41) is 6.05. The van der Waals surface area contributed by atoms with Gasteiger partial charge in [-0.1, -0.05) is 57.0 Å². The molecule has 2 aromatic carbocycles. The van der Waals surface area contributed by atoms with Crippen molar-refractivity contribution in [1.29, 1.82) is 0 Å². The van der Waals surface area contributed by atoms with E-state index in [-0.39, 0.29) is 19.2 Å². The number of anilines is 1. The van der Waals surface area contributed by atoms with Crippen LogP contribution < -0.4 is 15.4 Å². The zero-order valence-electron chi connectivity index (χ0n) is 12.4. The van der Waals surface area contributed by atoms with Crippen LogP contribution in [0.4, 0.5) is 10.5 Å². The first-order chi connectivity index (χ1) is 11.5. The quantitative estimate of drug-likeness (QED) is 0.677. The number of urea groups is 1. The van der Waals surface area contributed by atoms with E-state index in [1.54, 1.807) is 18.2 Å². The summed E-state index contributed by atoms with van der Waals surface area (Å²) in [4.78, 5) is 11.7. The standard InChI is InChI=1S/C17H13BrCl2N2O2/c18-12-4-3-5-14(10-12)24-9-2-1-8-21-17(23)22-13-6-7-15(19)16(20)11-13/h3-7,10-11H,8-9H2,(H2,21,22,23). The summed E-state index contributed by atoms with van der Waals surface area (Å²) in [5.41, 5.74) is 0.549. The molecule has 0 radical (unpaired) electrons. The van der Waals surface area contributed by atoms with Crippen molar-refractivity contribution in [2.75, 3.05) is 18.5 Å². The Morgan fingerprint density at radius 3 is 2.71 bits per heavy atom. The molecule has 0 saturated heterocycles. The fourth-order valence-electron chi connectivity index (χ4n) is 1.66. The molecule has 0 heterocycles. The minimum absolute atomic E-state index is 0.203. The molecule has 0 atom stereocenters. The second kappa shape index (κ2) is 9.43. The lowest BCUT2D eigenvalue weighted by molar-refractivity contribution is 0.253. The van der Waals surface area contributed by atoms with Crippen LogP contribution in [0, 0.1) is 11.8 Å². The van der Waals surface area contributed by atoms with Gasteiger partial charge in [-0.05, 0) is 36.4 Å². The summed E-state index contributed by atoms with van der Waals surface area (Å²) in [5.74, 6) is 6.35. The molecular formula is C17H13BrCl2N2O2. The predicted molar refractivity (Wildman–Crippen MR) is 101 cm³/mol. The highest BCUT2D eigenvalue weighted by atomic mass is 79.9. The minimum atomic E-state index is -0.379. The number of ether oxygens (including phenoxy) is 1. The molecule has 124 valence electrons. The van der Waals surface area contributed by atoms with Gasteiger partial charge in [-0.3, -0.25) is 0 Å². The molecule has 0 unspecified atom stereocenters. The average Bonchev–Trinajstić information content (AvgIpc) is 2.54. The van der Waals surface area contributed by atoms with Crippen LogP contribution in [0.5, 0.6) is 5.75 Å². The van der Waals surface area contributed by atoms with Gasteiger partial charge in [-0.2, -0.15) is 0 Å². The van der Waals surface area contributed by atoms with Crippen molar-refractivity contribution in [2.24, 2.45) is 0 Å². The fourth-order valence-corrected chi connectivity index (χ4v) is 2.34. The Kier molecular flexibility index (Phi) is 7.26. The summed E-state index contributed by atoms with van der Waals surface area (Å²) in [6.45, 7) is 0.446. The third kappa shape index (κ3) is 6.32. The van der Waals surface area contributed by atoms with Crippen LogP contribution in [0.15, 0.2) is 46.9 Å². The average molecular weight is 428 g/mol. The lowest BCUT2D eigenvalue weighted by atomic mass is 10.3. The van der Waals surface area contributed by atoms with Gasteiger partial charge in [-0.25, -0.2) is 4.79 Å². The highest BCUT2D eigenvalue weighted by Gasteiger charge is 2.03. The molecular weight excluding hydrogens is 415 g/mol. The fraction of sp³-hybridized carbons (Fsp3) is 0.118. The molecule has 7 heteroatoms. The van der Waals surface area contributed by atoms with Gasteiger partial charge in [0.15, 0.2) is 0 Å². The summed E-state index contributed by atoms with van der Waals surface area (Å²) in [6, 6.07) is 11.9. The molecule has 2 amide bonds. The van der Waals surface area contributed by atoms with E-state index in [0.29, 0.717) is 15.7 Å². The van der Waals surface area contributed by atoms with Gasteiger partial charge < -0.3 is 15.4 Å². The Labute approximate surface area is 158 Å². The molecule has 2 N–H and O–H groups in total. The summed E-state index contributed by atoms with van der Waals surface area (Å²) in [6.07, 6.45) is 0. The van der Waals surface area contributed by atoms with Crippen LogP contribution in [-0.2, 0) is 0 Å². The van der Waals surface area contributed by atoms with Crippen molar-refractivity contribution in [3.63, 3.8) is 0 Å². The maximum atomic E-state index is 11.7. The Balaban J connectivity index is 1.70. The lowest BCUT2D eigenvalue weighted by Gasteiger charge is -2.06. The molecule has 2 rings (SSSR count). The van der Waals surface area contributed by atoms with E-state index in [9.17, 15) is 4.79 Å². The largest absolute Gasteiger partial charge is 0.481 e. The molecule has 0 spiro atoms. The topological polar surface area (TPSA) is 50.4 Å². The van der Waals surface area contributed by atoms with E-state index in [4.69, 9.17) is 27.9 Å². The zero-order valence-corrected chi connectivity index (χ0v) is 15.5. The van der Waals surface area contributed by atoms with Gasteiger partial charge >= 0.3 is 6.03 Å². The number of hydrogen-bond donors (Lipinski definition) is 2. The first kappa shape index (κ1) is 18.5. The monoisotopic (exact) mass is 426 g/mol. The van der Waals surface area contributed by atoms with Gasteiger partial charge in [0.1, 0.15) is 12.4 Å². The van der Waals surface area contributed by atoms with Crippen LogP contribution in [0.3, 0.4) is 0 Å². The van der Waals surface area contributed by atoms with Crippen LogP contribution >= 0.6 is 39.1 Å². The van der Waals surface area contributed by atoms with E-state index in [1.165, 1.54) is 0 Å². The van der Waals surface area contributed by atoms with Crippen molar-refractivity contribution in [3.8, 4) is 17.6 Å². The van der Waals surface area contributed by atoms with E-state index in [2.05, 4.69) is 38.4 Å². The predicted octanol–water partition coefficient (Wildman–Crippen LogP) is 4.96. The second-order valence-corrected chi connectivity index (χ2v) is 6.27. The zero-order chi connectivity index (χ0) is 17.4. The normalized spacial score (nSPS) is 9.62. The van der Waals surface area contributed by atoms with Crippen molar-refractivity contribution in [1.82, 2.24) is 5.32 Å². The highest BCUT2D eigenvalue weighted by Crippen LogP contribution is 2.24. The Morgan fingerprint density at radius 2 is 1.96 bits per heavy atom. The van der Waals surface area contributed by atoms with Crippen molar-refractivity contribution in [3.05, 3.63) is 57.0 Å². The van der Waals surface area contributed by atoms with Crippen LogP contribution in [0.2, 0.25) is 10.0 Å². The van der Waals surface area contributed by atoms with Crippen LogP contribution in [0.1, 0.15) is 0 Å². The van der Waals surface area contributed by atoms with Gasteiger partial charge in [-0.15, -0.1) is 0 Å². The Hall–Kier alpha value is -1.87. The lowest BCUT2D eigenvalue weighted by Crippen LogP contribution is -2.28. The van der Waals surface area contributed by atoms with Gasteiger partial charge in [0, 0.05) is 10.2 Å². The number of amides is 2. The summed E-state index contributed by atoms with van der Waals surface area (Å²) >= 11 is 15.0. The molecule has 0 aromatic heterocycles. The SMILES string of the molecule is O=C(NCC#CCOc1cccc(Br)c1)Nc1ccc(Cl)c(Cl)c1. The van der Waals surface area contributed by atoms with Crippen molar-refractivity contribution < 1.29 is 9.53 Å². The molecule has 0 aliphatic heterocycles. The van der Waals surface area contributed by atoms with Gasteiger partial charge in [0.05, 0.1) is 16.6 Å². The Bertz CT molecular complexity index is 788. The molecule has 0 saturated carbocycles. The number of nitrogens with one attached hydrogen (secondary N) is 2. The van der Waals surface area contributed by atoms with Crippen LogP contribution in [-0.4, -0.2) is 19.2 Å². The number of hydrogen-bond acceptors (Lipinski definition) is 2. The van der Waals surface area contributed by atoms with Crippen molar-refractivity contribution >= 4 is 50.9 Å². The number of carbonyl (C=O) groups excluding carboxylic acids is 1. The molecule has 2 aromatic rings. The number of benzene rings is 2. The van der Waals surface area contributed by atoms with E-state index >= 15 is 0 Å². The first-order valence-electron chi connectivity index (χ1n) is 6.88. The third-order valence-electron chi connectivity index (χ3n) is 2.75. The molecule has 24 heavy (non-hydrogen) atoms. The third-order valence-corrected chi connectivity index (χ3v) is 3.98. The highest BCUT2D eigenvalue weighted by molar-refractivity contribution is 9.10.